The number of hydrogen-bond acceptors (Lipinski definition) is 4. The quantitative estimate of drug-likeness (QED) is 0.166. The zero-order chi connectivity index (χ0) is 35.3. The third-order valence-corrected chi connectivity index (χ3v) is 10.5. The molecular weight excluding hydrogens is 638 g/mol. The van der Waals surface area contributed by atoms with E-state index >= 15 is 0 Å². The molecule has 0 radical (unpaired) electrons. The van der Waals surface area contributed by atoms with Crippen LogP contribution in [0.5, 0.6) is 0 Å². The van der Waals surface area contributed by atoms with E-state index in [1.165, 1.54) is 6.07 Å². The molecule has 6 rings (SSSR count). The van der Waals surface area contributed by atoms with E-state index in [1.807, 2.05) is 13.8 Å². The Kier molecular flexibility index (Phi) is 7.50. The van der Waals surface area contributed by atoms with Gasteiger partial charge in [-0.15, -0.1) is 0 Å². The van der Waals surface area contributed by atoms with E-state index < -0.39 is 73.5 Å². The molecule has 0 unspecified atom stereocenters. The summed E-state index contributed by atoms with van der Waals surface area (Å²) in [7, 11) is 0. The molecule has 5 aromatic rings. The highest BCUT2D eigenvalue weighted by Crippen LogP contribution is 2.46. The highest BCUT2D eigenvalue weighted by molar-refractivity contribution is 5.98. The van der Waals surface area contributed by atoms with Gasteiger partial charge in [0.1, 0.15) is 0 Å². The summed E-state index contributed by atoms with van der Waals surface area (Å²) in [4.78, 5) is 53.8. The van der Waals surface area contributed by atoms with Crippen LogP contribution >= 0.6 is 0 Å². The summed E-state index contributed by atoms with van der Waals surface area (Å²) in [5.41, 5.74) is -9.15. The van der Waals surface area contributed by atoms with Crippen LogP contribution in [0.15, 0.2) is 67.7 Å². The first-order valence-corrected chi connectivity index (χ1v) is 15.6. The van der Waals surface area contributed by atoms with Crippen LogP contribution in [0.3, 0.4) is 0 Å². The number of benzene rings is 3. The van der Waals surface area contributed by atoms with Crippen LogP contribution in [0.25, 0.3) is 38.4 Å². The van der Waals surface area contributed by atoms with E-state index in [1.54, 1.807) is 20.8 Å². The Balaban J connectivity index is 1.55. The monoisotopic (exact) mass is 670 g/mol. The molecule has 0 amide bonds. The van der Waals surface area contributed by atoms with Crippen molar-refractivity contribution < 1.29 is 26.3 Å². The van der Waals surface area contributed by atoms with Gasteiger partial charge in [-0.1, -0.05) is 39.0 Å². The molecule has 0 atom stereocenters. The van der Waals surface area contributed by atoms with Crippen LogP contribution in [0.4, 0.5) is 26.3 Å². The first-order chi connectivity index (χ1) is 22.3. The van der Waals surface area contributed by atoms with Gasteiger partial charge in [0, 0.05) is 5.54 Å². The highest BCUT2D eigenvalue weighted by atomic mass is 19.4. The van der Waals surface area contributed by atoms with Gasteiger partial charge in [-0.2, -0.15) is 26.3 Å². The zero-order valence-corrected chi connectivity index (χ0v) is 26.8. The molecule has 12 heteroatoms. The van der Waals surface area contributed by atoms with Crippen LogP contribution in [0.1, 0.15) is 77.0 Å². The van der Waals surface area contributed by atoms with Gasteiger partial charge in [0.15, 0.2) is 0 Å². The maximum atomic E-state index is 14.6. The Morgan fingerprint density at radius 1 is 0.625 bits per heavy atom. The molecule has 0 N–H and O–H groups in total. The topological polar surface area (TPSA) is 78.1 Å². The van der Waals surface area contributed by atoms with Crippen molar-refractivity contribution in [3.8, 4) is 16.8 Å². The number of nitrogens with zero attached hydrogens (tertiary/aromatic N) is 2. The highest BCUT2D eigenvalue weighted by Gasteiger charge is 2.42. The Morgan fingerprint density at radius 3 is 1.50 bits per heavy atom. The molecule has 252 valence electrons. The van der Waals surface area contributed by atoms with Gasteiger partial charge < -0.3 is 0 Å². The summed E-state index contributed by atoms with van der Waals surface area (Å²) in [6.45, 7) is 8.95. The number of rotatable bonds is 7. The summed E-state index contributed by atoms with van der Waals surface area (Å²) < 4.78 is 88.4. The van der Waals surface area contributed by atoms with Crippen LogP contribution in [-0.2, 0) is 23.3 Å². The molecule has 1 aliphatic carbocycles. The lowest BCUT2D eigenvalue weighted by Gasteiger charge is -2.29. The molecule has 1 saturated carbocycles. The lowest BCUT2D eigenvalue weighted by Crippen LogP contribution is -2.42. The third kappa shape index (κ3) is 5.02. The van der Waals surface area contributed by atoms with Crippen LogP contribution in [-0.4, -0.2) is 9.13 Å². The molecule has 1 fully saturated rings. The van der Waals surface area contributed by atoms with Crippen molar-refractivity contribution in [1.29, 1.82) is 0 Å². The van der Waals surface area contributed by atoms with Gasteiger partial charge >= 0.3 is 12.4 Å². The molecule has 0 bridgehead atoms. The summed E-state index contributed by atoms with van der Waals surface area (Å²) >= 11 is 0. The van der Waals surface area contributed by atoms with Gasteiger partial charge in [0.2, 0.25) is 0 Å². The fraction of sp³-hybridized carbons (Fsp3) is 0.389. The fourth-order valence-corrected chi connectivity index (χ4v) is 6.89. The number of fused-ring (bicyclic) bond motifs is 2. The molecule has 2 aromatic heterocycles. The molecule has 48 heavy (non-hydrogen) atoms. The Bertz CT molecular complexity index is 2250. The van der Waals surface area contributed by atoms with E-state index in [2.05, 4.69) is 0 Å². The van der Waals surface area contributed by atoms with Crippen molar-refractivity contribution in [3.05, 3.63) is 107 Å². The third-order valence-electron chi connectivity index (χ3n) is 10.5. The minimum absolute atomic E-state index is 0.0906. The zero-order valence-electron chi connectivity index (χ0n) is 26.8. The van der Waals surface area contributed by atoms with Crippen molar-refractivity contribution in [2.45, 2.75) is 83.6 Å². The van der Waals surface area contributed by atoms with Gasteiger partial charge in [-0.05, 0) is 97.9 Å². The second-order valence-electron chi connectivity index (χ2n) is 13.5. The average Bonchev–Trinajstić information content (AvgIpc) is 3.82. The number of halogens is 6. The predicted molar refractivity (Wildman–Crippen MR) is 172 cm³/mol. The number of hydrogen-bond donors (Lipinski definition) is 0. The van der Waals surface area contributed by atoms with Crippen LogP contribution in [0, 0.1) is 5.92 Å². The largest absolute Gasteiger partial charge is 0.417 e. The lowest BCUT2D eigenvalue weighted by atomic mass is 9.76. The number of alkyl halides is 6. The summed E-state index contributed by atoms with van der Waals surface area (Å²) in [6.07, 6.45) is -7.49. The molecule has 0 spiro atoms. The molecule has 0 saturated heterocycles. The fourth-order valence-electron chi connectivity index (χ4n) is 6.89. The van der Waals surface area contributed by atoms with Crippen molar-refractivity contribution >= 4 is 21.5 Å². The van der Waals surface area contributed by atoms with E-state index in [0.29, 0.717) is 29.0 Å². The molecule has 1 aliphatic rings. The van der Waals surface area contributed by atoms with E-state index in [4.69, 9.17) is 0 Å². The summed E-state index contributed by atoms with van der Waals surface area (Å²) in [6, 6.07) is 7.80. The van der Waals surface area contributed by atoms with E-state index in [9.17, 15) is 45.5 Å². The van der Waals surface area contributed by atoms with Gasteiger partial charge in [-0.3, -0.25) is 23.7 Å². The summed E-state index contributed by atoms with van der Waals surface area (Å²) in [5.74, 6) is 0.106. The molecule has 2 heterocycles. The minimum atomic E-state index is -5.18. The van der Waals surface area contributed by atoms with E-state index in [-0.39, 0.29) is 27.5 Å². The van der Waals surface area contributed by atoms with Crippen molar-refractivity contribution in [2.24, 2.45) is 5.92 Å². The Labute approximate surface area is 269 Å². The van der Waals surface area contributed by atoms with Crippen molar-refractivity contribution in [2.75, 3.05) is 0 Å². The maximum Gasteiger partial charge on any atom is 0.417 e. The minimum Gasteiger partial charge on any atom is -0.269 e. The second kappa shape index (κ2) is 10.8. The van der Waals surface area contributed by atoms with Crippen molar-refractivity contribution in [3.63, 3.8) is 0 Å². The average molecular weight is 671 g/mol. The predicted octanol–water partition coefficient (Wildman–Crippen LogP) is 7.83. The first kappa shape index (κ1) is 33.4. The van der Waals surface area contributed by atoms with Crippen LogP contribution < -0.4 is 22.2 Å². The lowest BCUT2D eigenvalue weighted by molar-refractivity contribution is -0.139. The van der Waals surface area contributed by atoms with Crippen LogP contribution in [0.2, 0.25) is 0 Å². The standard InChI is InChI=1S/C36H32F6N2O4/c1-6-34(5,7-2)19-10-12-21(27(14-19)35(37,38)39)22-13-11-20(15-28(22)36(40,41)42)43-29(45)23-16-25-26(17-24(23)30(43)46)32(48)44(31(25)47)33(3,4)18-8-9-18/h10-18H,6-9H2,1-5H3. The number of aromatic nitrogens is 2. The van der Waals surface area contributed by atoms with E-state index in [0.717, 1.165) is 53.8 Å². The first-order valence-electron chi connectivity index (χ1n) is 15.6. The normalized spacial score (nSPS) is 14.8. The van der Waals surface area contributed by atoms with Gasteiger partial charge in [0.05, 0.1) is 38.4 Å². The summed E-state index contributed by atoms with van der Waals surface area (Å²) in [5, 5.41) is -0.721. The SMILES string of the molecule is CCC(C)(CC)c1ccc(-c2ccc(-n3c(=O)c4cc5c(=O)n(C(C)(C)C6CC6)c(=O)c5cc4c3=O)cc2C(F)(F)F)c(C(F)(F)F)c1. The second-order valence-corrected chi connectivity index (χ2v) is 13.5. The molecule has 0 aliphatic heterocycles. The maximum absolute atomic E-state index is 14.6. The van der Waals surface area contributed by atoms with Crippen molar-refractivity contribution in [1.82, 2.24) is 9.13 Å². The van der Waals surface area contributed by atoms with Gasteiger partial charge in [-0.25, -0.2) is 4.57 Å². The Hall–Kier alpha value is -4.48. The molecular formula is C36H32F6N2O4. The van der Waals surface area contributed by atoms with Gasteiger partial charge in [0.25, 0.3) is 22.2 Å². The smallest absolute Gasteiger partial charge is 0.269 e. The Morgan fingerprint density at radius 2 is 1.06 bits per heavy atom. The molecule has 6 nitrogen and oxygen atoms in total. The molecule has 3 aromatic carbocycles.